The standard InChI is InChI=1S/C16H17N3O3/c1-11-7-14(18-22-11)10-19(3)16(20)12(2)21-15-6-4-5-13(8-15)9-17/h4-8,12H,10H2,1-3H3. The van der Waals surface area contributed by atoms with E-state index in [1.54, 1.807) is 51.2 Å². The highest BCUT2D eigenvalue weighted by atomic mass is 16.5. The van der Waals surface area contributed by atoms with Gasteiger partial charge in [-0.05, 0) is 32.0 Å². The molecule has 0 N–H and O–H groups in total. The maximum Gasteiger partial charge on any atom is 0.263 e. The molecule has 2 aromatic rings. The minimum absolute atomic E-state index is 0.178. The third kappa shape index (κ3) is 3.85. The number of hydrogen-bond donors (Lipinski definition) is 0. The van der Waals surface area contributed by atoms with Crippen LogP contribution in [0.5, 0.6) is 5.75 Å². The molecule has 6 heteroatoms. The second-order valence-electron chi connectivity index (χ2n) is 5.02. The SMILES string of the molecule is Cc1cc(CN(C)C(=O)C(C)Oc2cccc(C#N)c2)no1. The number of carbonyl (C=O) groups is 1. The van der Waals surface area contributed by atoms with Gasteiger partial charge in [-0.2, -0.15) is 5.26 Å². The average molecular weight is 299 g/mol. The molecule has 1 unspecified atom stereocenters. The van der Waals surface area contributed by atoms with E-state index in [1.807, 2.05) is 6.07 Å². The Kier molecular flexibility index (Phi) is 4.79. The number of benzene rings is 1. The van der Waals surface area contributed by atoms with Crippen LogP contribution < -0.4 is 4.74 Å². The molecule has 0 spiro atoms. The van der Waals surface area contributed by atoms with E-state index in [2.05, 4.69) is 5.16 Å². The average Bonchev–Trinajstić information content (AvgIpc) is 2.91. The summed E-state index contributed by atoms with van der Waals surface area (Å²) in [6, 6.07) is 10.5. The number of nitriles is 1. The van der Waals surface area contributed by atoms with Crippen LogP contribution in [0.15, 0.2) is 34.9 Å². The molecule has 2 rings (SSSR count). The summed E-state index contributed by atoms with van der Waals surface area (Å²) in [6.07, 6.45) is -0.660. The van der Waals surface area contributed by atoms with Gasteiger partial charge in [-0.1, -0.05) is 11.2 Å². The van der Waals surface area contributed by atoms with Crippen LogP contribution in [0.25, 0.3) is 0 Å². The Morgan fingerprint density at radius 2 is 2.27 bits per heavy atom. The highest BCUT2D eigenvalue weighted by Gasteiger charge is 2.20. The van der Waals surface area contributed by atoms with E-state index in [9.17, 15) is 4.79 Å². The summed E-state index contributed by atoms with van der Waals surface area (Å²) in [4.78, 5) is 13.8. The number of amides is 1. The molecule has 1 aromatic carbocycles. The Morgan fingerprint density at radius 3 is 2.91 bits per heavy atom. The molecule has 6 nitrogen and oxygen atoms in total. The van der Waals surface area contributed by atoms with Gasteiger partial charge in [0, 0.05) is 13.1 Å². The fourth-order valence-corrected chi connectivity index (χ4v) is 2.02. The zero-order chi connectivity index (χ0) is 16.1. The molecule has 0 bridgehead atoms. The maximum absolute atomic E-state index is 12.3. The molecule has 22 heavy (non-hydrogen) atoms. The van der Waals surface area contributed by atoms with E-state index in [1.165, 1.54) is 4.90 Å². The molecule has 0 fully saturated rings. The third-order valence-corrected chi connectivity index (χ3v) is 3.08. The minimum Gasteiger partial charge on any atom is -0.481 e. The van der Waals surface area contributed by atoms with Crippen molar-refractivity contribution in [2.24, 2.45) is 0 Å². The Labute approximate surface area is 128 Å². The molecule has 0 saturated carbocycles. The molecule has 114 valence electrons. The largest absolute Gasteiger partial charge is 0.481 e. The molecule has 1 amide bonds. The lowest BCUT2D eigenvalue weighted by Crippen LogP contribution is -2.37. The lowest BCUT2D eigenvalue weighted by atomic mass is 10.2. The molecular formula is C16H17N3O3. The monoisotopic (exact) mass is 299 g/mol. The Balaban J connectivity index is 1.97. The third-order valence-electron chi connectivity index (χ3n) is 3.08. The number of nitrogens with zero attached hydrogens (tertiary/aromatic N) is 3. The first-order chi connectivity index (χ1) is 10.5. The summed E-state index contributed by atoms with van der Waals surface area (Å²) in [6.45, 7) is 3.82. The van der Waals surface area contributed by atoms with Gasteiger partial charge in [0.15, 0.2) is 6.10 Å². The van der Waals surface area contributed by atoms with Gasteiger partial charge >= 0.3 is 0 Å². The first-order valence-corrected chi connectivity index (χ1v) is 6.83. The van der Waals surface area contributed by atoms with Crippen LogP contribution in [0.4, 0.5) is 0 Å². The van der Waals surface area contributed by atoms with Gasteiger partial charge in [0.25, 0.3) is 5.91 Å². The summed E-state index contributed by atoms with van der Waals surface area (Å²) in [5.41, 5.74) is 1.18. The van der Waals surface area contributed by atoms with Crippen molar-refractivity contribution < 1.29 is 14.1 Å². The van der Waals surface area contributed by atoms with Crippen LogP contribution in [-0.4, -0.2) is 29.1 Å². The van der Waals surface area contributed by atoms with Crippen molar-refractivity contribution in [3.05, 3.63) is 47.3 Å². The summed E-state index contributed by atoms with van der Waals surface area (Å²) in [5, 5.41) is 12.7. The summed E-state index contributed by atoms with van der Waals surface area (Å²) >= 11 is 0. The van der Waals surface area contributed by atoms with Crippen LogP contribution in [0.2, 0.25) is 0 Å². The van der Waals surface area contributed by atoms with E-state index in [0.29, 0.717) is 29.3 Å². The molecular weight excluding hydrogens is 282 g/mol. The molecule has 0 saturated heterocycles. The fourth-order valence-electron chi connectivity index (χ4n) is 2.02. The van der Waals surface area contributed by atoms with E-state index in [4.69, 9.17) is 14.5 Å². The second-order valence-corrected chi connectivity index (χ2v) is 5.02. The van der Waals surface area contributed by atoms with Gasteiger partial charge in [0.05, 0.1) is 18.2 Å². The highest BCUT2D eigenvalue weighted by Crippen LogP contribution is 2.15. The zero-order valence-corrected chi connectivity index (χ0v) is 12.7. The van der Waals surface area contributed by atoms with Crippen LogP contribution in [-0.2, 0) is 11.3 Å². The van der Waals surface area contributed by atoms with Crippen LogP contribution in [0, 0.1) is 18.3 Å². The highest BCUT2D eigenvalue weighted by molar-refractivity contribution is 5.80. The summed E-state index contributed by atoms with van der Waals surface area (Å²) < 4.78 is 10.6. The van der Waals surface area contributed by atoms with Gasteiger partial charge in [0.2, 0.25) is 0 Å². The summed E-state index contributed by atoms with van der Waals surface area (Å²) in [5.74, 6) is 1.02. The Hall–Kier alpha value is -2.81. The normalized spacial score (nSPS) is 11.5. The Bertz CT molecular complexity index is 703. The molecule has 0 aliphatic heterocycles. The first-order valence-electron chi connectivity index (χ1n) is 6.83. The molecule has 0 aliphatic rings. The van der Waals surface area contributed by atoms with E-state index in [-0.39, 0.29) is 5.91 Å². The topological polar surface area (TPSA) is 79.4 Å². The van der Waals surface area contributed by atoms with Gasteiger partial charge < -0.3 is 14.2 Å². The predicted molar refractivity (Wildman–Crippen MR) is 79.0 cm³/mol. The smallest absolute Gasteiger partial charge is 0.263 e. The first kappa shape index (κ1) is 15.6. The van der Waals surface area contributed by atoms with Crippen molar-refractivity contribution in [1.29, 1.82) is 5.26 Å². The van der Waals surface area contributed by atoms with E-state index in [0.717, 1.165) is 0 Å². The van der Waals surface area contributed by atoms with Crippen molar-refractivity contribution in [1.82, 2.24) is 10.1 Å². The molecule has 0 radical (unpaired) electrons. The maximum atomic E-state index is 12.3. The number of carbonyl (C=O) groups excluding carboxylic acids is 1. The zero-order valence-electron chi connectivity index (χ0n) is 12.7. The van der Waals surface area contributed by atoms with Crippen molar-refractivity contribution in [2.75, 3.05) is 7.05 Å². The lowest BCUT2D eigenvalue weighted by molar-refractivity contribution is -0.137. The fraction of sp³-hybridized carbons (Fsp3) is 0.312. The van der Waals surface area contributed by atoms with Gasteiger partial charge in [-0.15, -0.1) is 0 Å². The van der Waals surface area contributed by atoms with Crippen LogP contribution in [0.1, 0.15) is 23.9 Å². The lowest BCUT2D eigenvalue weighted by Gasteiger charge is -2.21. The number of aryl methyl sites for hydroxylation is 1. The predicted octanol–water partition coefficient (Wildman–Crippen LogP) is 2.28. The van der Waals surface area contributed by atoms with Gasteiger partial charge in [-0.25, -0.2) is 0 Å². The number of hydrogen-bond acceptors (Lipinski definition) is 5. The van der Waals surface area contributed by atoms with Crippen molar-refractivity contribution in [3.8, 4) is 11.8 Å². The molecule has 0 aliphatic carbocycles. The van der Waals surface area contributed by atoms with E-state index >= 15 is 0 Å². The molecule has 1 aromatic heterocycles. The number of rotatable bonds is 5. The summed E-state index contributed by atoms with van der Waals surface area (Å²) in [7, 11) is 1.68. The van der Waals surface area contributed by atoms with Crippen LogP contribution >= 0.6 is 0 Å². The van der Waals surface area contributed by atoms with Crippen molar-refractivity contribution in [3.63, 3.8) is 0 Å². The minimum atomic E-state index is -0.660. The number of likely N-dealkylation sites (N-methyl/N-ethyl adjacent to an activating group) is 1. The number of aromatic nitrogens is 1. The Morgan fingerprint density at radius 1 is 1.50 bits per heavy atom. The molecule has 1 heterocycles. The van der Waals surface area contributed by atoms with Crippen molar-refractivity contribution >= 4 is 5.91 Å². The number of ether oxygens (including phenoxy) is 1. The quantitative estimate of drug-likeness (QED) is 0.846. The van der Waals surface area contributed by atoms with Crippen molar-refractivity contribution in [2.45, 2.75) is 26.5 Å². The van der Waals surface area contributed by atoms with Crippen LogP contribution in [0.3, 0.4) is 0 Å². The molecule has 1 atom stereocenters. The van der Waals surface area contributed by atoms with Gasteiger partial charge in [-0.3, -0.25) is 4.79 Å². The second kappa shape index (κ2) is 6.76. The van der Waals surface area contributed by atoms with E-state index < -0.39 is 6.10 Å². The van der Waals surface area contributed by atoms with Gasteiger partial charge in [0.1, 0.15) is 17.2 Å².